The molecule has 1 aliphatic carbocycles. The van der Waals surface area contributed by atoms with E-state index >= 15 is 0 Å². The number of thioether (sulfide) groups is 1. The van der Waals surface area contributed by atoms with Crippen LogP contribution in [0.25, 0.3) is 0 Å². The van der Waals surface area contributed by atoms with Gasteiger partial charge in [0.15, 0.2) is 0 Å². The minimum absolute atomic E-state index is 0.0281. The molecular weight excluding hydrogens is 372 g/mol. The zero-order chi connectivity index (χ0) is 19.9. The molecule has 0 aromatic heterocycles. The predicted octanol–water partition coefficient (Wildman–Crippen LogP) is 3.94. The first-order chi connectivity index (χ1) is 13.5. The van der Waals surface area contributed by atoms with Crippen molar-refractivity contribution in [2.75, 3.05) is 23.9 Å². The van der Waals surface area contributed by atoms with Gasteiger partial charge >= 0.3 is 0 Å². The Morgan fingerprint density at radius 2 is 1.68 bits per heavy atom. The summed E-state index contributed by atoms with van der Waals surface area (Å²) in [6, 6.07) is 15.5. The maximum atomic E-state index is 12.4. The standard InChI is InChI=1S/C22H26N2O3S/c1-15-3-9-18(10-4-15)23-20(25)13-28-14-21(26)24-22(16-5-6-16)17-7-11-19(27-2)12-8-17/h3-4,7-12,16,22H,5-6,13-14H2,1-2H3,(H,23,25)(H,24,26). The fourth-order valence-electron chi connectivity index (χ4n) is 3.00. The highest BCUT2D eigenvalue weighted by Crippen LogP contribution is 2.41. The number of carbonyl (C=O) groups excluding carboxylic acids is 2. The zero-order valence-electron chi connectivity index (χ0n) is 16.2. The Morgan fingerprint density at radius 3 is 2.29 bits per heavy atom. The molecule has 6 heteroatoms. The SMILES string of the molecule is COc1ccc(C(NC(=O)CSCC(=O)Nc2ccc(C)cc2)C2CC2)cc1. The van der Waals surface area contributed by atoms with Crippen LogP contribution in [0.15, 0.2) is 48.5 Å². The predicted molar refractivity (Wildman–Crippen MR) is 114 cm³/mol. The molecule has 0 bridgehead atoms. The molecule has 2 N–H and O–H groups in total. The topological polar surface area (TPSA) is 67.4 Å². The van der Waals surface area contributed by atoms with Crippen molar-refractivity contribution in [2.24, 2.45) is 5.92 Å². The van der Waals surface area contributed by atoms with Crippen LogP contribution in [0.1, 0.15) is 30.0 Å². The monoisotopic (exact) mass is 398 g/mol. The lowest BCUT2D eigenvalue weighted by molar-refractivity contribution is -0.119. The quantitative estimate of drug-likeness (QED) is 0.671. The van der Waals surface area contributed by atoms with E-state index in [0.29, 0.717) is 5.92 Å². The van der Waals surface area contributed by atoms with Gasteiger partial charge in [-0.05, 0) is 55.5 Å². The van der Waals surface area contributed by atoms with E-state index in [1.807, 2.05) is 55.5 Å². The number of benzene rings is 2. The summed E-state index contributed by atoms with van der Waals surface area (Å²) in [5, 5.41) is 5.98. The summed E-state index contributed by atoms with van der Waals surface area (Å²) in [5.41, 5.74) is 3.01. The van der Waals surface area contributed by atoms with Crippen LogP contribution in [0.5, 0.6) is 5.75 Å². The van der Waals surface area contributed by atoms with Crippen LogP contribution in [0.4, 0.5) is 5.69 Å². The molecule has 0 heterocycles. The van der Waals surface area contributed by atoms with Crippen molar-refractivity contribution in [3.8, 4) is 5.75 Å². The molecule has 1 fully saturated rings. The third kappa shape index (κ3) is 6.02. The number of carbonyl (C=O) groups is 2. The Hall–Kier alpha value is -2.47. The smallest absolute Gasteiger partial charge is 0.234 e. The number of nitrogens with one attached hydrogen (secondary N) is 2. The Labute approximate surface area is 170 Å². The number of hydrogen-bond donors (Lipinski definition) is 2. The van der Waals surface area contributed by atoms with Crippen LogP contribution in [0.2, 0.25) is 0 Å². The van der Waals surface area contributed by atoms with E-state index in [4.69, 9.17) is 4.74 Å². The average Bonchev–Trinajstić information content (AvgIpc) is 3.53. The van der Waals surface area contributed by atoms with Crippen molar-refractivity contribution < 1.29 is 14.3 Å². The molecule has 0 aliphatic heterocycles. The first kappa shape index (κ1) is 20.3. The fourth-order valence-corrected chi connectivity index (χ4v) is 3.63. The molecule has 1 unspecified atom stereocenters. The first-order valence-electron chi connectivity index (χ1n) is 9.42. The van der Waals surface area contributed by atoms with Crippen molar-refractivity contribution in [1.29, 1.82) is 0 Å². The van der Waals surface area contributed by atoms with Gasteiger partial charge in [-0.2, -0.15) is 0 Å². The van der Waals surface area contributed by atoms with Gasteiger partial charge in [-0.3, -0.25) is 9.59 Å². The van der Waals surface area contributed by atoms with Crippen molar-refractivity contribution in [2.45, 2.75) is 25.8 Å². The van der Waals surface area contributed by atoms with Crippen LogP contribution in [-0.2, 0) is 9.59 Å². The minimum Gasteiger partial charge on any atom is -0.497 e. The molecule has 1 atom stereocenters. The van der Waals surface area contributed by atoms with Crippen LogP contribution in [0.3, 0.4) is 0 Å². The van der Waals surface area contributed by atoms with Gasteiger partial charge in [0.2, 0.25) is 11.8 Å². The normalized spacial score (nSPS) is 14.2. The third-order valence-electron chi connectivity index (χ3n) is 4.69. The lowest BCUT2D eigenvalue weighted by Gasteiger charge is -2.19. The lowest BCUT2D eigenvalue weighted by atomic mass is 10.0. The Balaban J connectivity index is 1.44. The highest BCUT2D eigenvalue weighted by Gasteiger charge is 2.33. The Morgan fingerprint density at radius 1 is 1.04 bits per heavy atom. The van der Waals surface area contributed by atoms with Gasteiger partial charge in [0, 0.05) is 5.69 Å². The summed E-state index contributed by atoms with van der Waals surface area (Å²) in [7, 11) is 1.64. The van der Waals surface area contributed by atoms with Crippen LogP contribution < -0.4 is 15.4 Å². The summed E-state index contributed by atoms with van der Waals surface area (Å²) in [4.78, 5) is 24.4. The number of aryl methyl sites for hydroxylation is 1. The lowest BCUT2D eigenvalue weighted by Crippen LogP contribution is -2.31. The van der Waals surface area contributed by atoms with E-state index in [0.717, 1.165) is 35.4 Å². The number of ether oxygens (including phenoxy) is 1. The van der Waals surface area contributed by atoms with Gasteiger partial charge < -0.3 is 15.4 Å². The Bertz CT molecular complexity index is 802. The van der Waals surface area contributed by atoms with Crippen LogP contribution >= 0.6 is 11.8 Å². The second kappa shape index (κ2) is 9.64. The molecule has 1 aliphatic rings. The summed E-state index contributed by atoms with van der Waals surface area (Å²) in [6.07, 6.45) is 2.26. The average molecular weight is 399 g/mol. The van der Waals surface area contributed by atoms with Crippen molar-refractivity contribution in [3.63, 3.8) is 0 Å². The molecule has 0 radical (unpaired) electrons. The highest BCUT2D eigenvalue weighted by atomic mass is 32.2. The van der Waals surface area contributed by atoms with Crippen LogP contribution in [0, 0.1) is 12.8 Å². The second-order valence-corrected chi connectivity index (χ2v) is 8.05. The summed E-state index contributed by atoms with van der Waals surface area (Å²) >= 11 is 1.32. The zero-order valence-corrected chi connectivity index (χ0v) is 17.1. The number of methoxy groups -OCH3 is 1. The van der Waals surface area contributed by atoms with Crippen LogP contribution in [-0.4, -0.2) is 30.4 Å². The van der Waals surface area contributed by atoms with E-state index in [1.165, 1.54) is 11.8 Å². The van der Waals surface area contributed by atoms with E-state index < -0.39 is 0 Å². The van der Waals surface area contributed by atoms with Gasteiger partial charge in [0.05, 0.1) is 24.7 Å². The molecule has 28 heavy (non-hydrogen) atoms. The van der Waals surface area contributed by atoms with Crippen molar-refractivity contribution in [1.82, 2.24) is 5.32 Å². The molecule has 2 aromatic carbocycles. The fraction of sp³-hybridized carbons (Fsp3) is 0.364. The first-order valence-corrected chi connectivity index (χ1v) is 10.6. The van der Waals surface area contributed by atoms with E-state index in [-0.39, 0.29) is 29.4 Å². The second-order valence-electron chi connectivity index (χ2n) is 7.06. The molecule has 2 aromatic rings. The van der Waals surface area contributed by atoms with Crippen molar-refractivity contribution >= 4 is 29.3 Å². The molecule has 1 saturated carbocycles. The third-order valence-corrected chi connectivity index (χ3v) is 5.62. The highest BCUT2D eigenvalue weighted by molar-refractivity contribution is 8.00. The molecular formula is C22H26N2O3S. The van der Waals surface area contributed by atoms with Crippen molar-refractivity contribution in [3.05, 3.63) is 59.7 Å². The number of hydrogen-bond acceptors (Lipinski definition) is 4. The molecule has 3 rings (SSSR count). The van der Waals surface area contributed by atoms with E-state index in [9.17, 15) is 9.59 Å². The van der Waals surface area contributed by atoms with Gasteiger partial charge in [-0.15, -0.1) is 11.8 Å². The summed E-state index contributed by atoms with van der Waals surface area (Å²) in [6.45, 7) is 2.00. The van der Waals surface area contributed by atoms with Gasteiger partial charge in [-0.1, -0.05) is 29.8 Å². The largest absolute Gasteiger partial charge is 0.497 e. The molecule has 2 amide bonds. The van der Waals surface area contributed by atoms with E-state index in [1.54, 1.807) is 7.11 Å². The van der Waals surface area contributed by atoms with Gasteiger partial charge in [0.1, 0.15) is 5.75 Å². The number of amides is 2. The van der Waals surface area contributed by atoms with Gasteiger partial charge in [0.25, 0.3) is 0 Å². The summed E-state index contributed by atoms with van der Waals surface area (Å²) < 4.78 is 5.20. The number of anilines is 1. The molecule has 148 valence electrons. The minimum atomic E-state index is -0.101. The maximum absolute atomic E-state index is 12.4. The summed E-state index contributed by atoms with van der Waals surface area (Å²) in [5.74, 6) is 1.67. The maximum Gasteiger partial charge on any atom is 0.234 e. The van der Waals surface area contributed by atoms with Gasteiger partial charge in [-0.25, -0.2) is 0 Å². The molecule has 0 spiro atoms. The number of rotatable bonds is 9. The Kier molecular flexibility index (Phi) is 6.98. The molecule has 0 saturated heterocycles. The molecule has 5 nitrogen and oxygen atoms in total. The van der Waals surface area contributed by atoms with E-state index in [2.05, 4.69) is 10.6 Å².